The lowest BCUT2D eigenvalue weighted by Gasteiger charge is -2.18. The van der Waals surface area contributed by atoms with E-state index in [1.165, 1.54) is 13.3 Å². The van der Waals surface area contributed by atoms with Gasteiger partial charge in [0, 0.05) is 7.05 Å². The minimum absolute atomic E-state index is 0.318. The molecule has 1 aromatic carbocycles. The summed E-state index contributed by atoms with van der Waals surface area (Å²) < 4.78 is 4.83. The summed E-state index contributed by atoms with van der Waals surface area (Å²) in [7, 11) is 3.03. The molecule has 2 N–H and O–H groups in total. The SMILES string of the molecule is CNc1ncc(Cl)c(NC(C(=O)OC)c2ccccc2)n1. The van der Waals surface area contributed by atoms with Crippen LogP contribution in [0.4, 0.5) is 11.8 Å². The van der Waals surface area contributed by atoms with Gasteiger partial charge in [-0.2, -0.15) is 4.98 Å². The molecule has 0 fully saturated rings. The number of rotatable bonds is 5. The maximum Gasteiger partial charge on any atom is 0.333 e. The van der Waals surface area contributed by atoms with Gasteiger partial charge in [0.1, 0.15) is 5.02 Å². The van der Waals surface area contributed by atoms with Gasteiger partial charge in [-0.15, -0.1) is 0 Å². The van der Waals surface area contributed by atoms with Crippen molar-refractivity contribution in [2.45, 2.75) is 6.04 Å². The maximum atomic E-state index is 12.0. The molecule has 2 rings (SSSR count). The van der Waals surface area contributed by atoms with Gasteiger partial charge in [0.05, 0.1) is 13.3 Å². The first-order valence-electron chi connectivity index (χ1n) is 6.25. The Morgan fingerprint density at radius 1 is 1.33 bits per heavy atom. The average Bonchev–Trinajstić information content (AvgIpc) is 2.54. The number of methoxy groups -OCH3 is 1. The van der Waals surface area contributed by atoms with Gasteiger partial charge < -0.3 is 15.4 Å². The first-order chi connectivity index (χ1) is 10.2. The van der Waals surface area contributed by atoms with E-state index < -0.39 is 12.0 Å². The number of esters is 1. The van der Waals surface area contributed by atoms with Crippen molar-refractivity contribution in [1.82, 2.24) is 9.97 Å². The van der Waals surface area contributed by atoms with E-state index in [2.05, 4.69) is 20.6 Å². The molecule has 7 heteroatoms. The molecule has 0 saturated carbocycles. The van der Waals surface area contributed by atoms with Crippen LogP contribution in [0, 0.1) is 0 Å². The van der Waals surface area contributed by atoms with Crippen molar-refractivity contribution in [1.29, 1.82) is 0 Å². The molecule has 1 aromatic heterocycles. The van der Waals surface area contributed by atoms with Crippen molar-refractivity contribution in [3.05, 3.63) is 47.1 Å². The fraction of sp³-hybridized carbons (Fsp3) is 0.214. The van der Waals surface area contributed by atoms with Crippen molar-refractivity contribution in [3.8, 4) is 0 Å². The average molecular weight is 307 g/mol. The fourth-order valence-electron chi connectivity index (χ4n) is 1.77. The Hall–Kier alpha value is -2.34. The molecule has 110 valence electrons. The molecule has 21 heavy (non-hydrogen) atoms. The van der Waals surface area contributed by atoms with E-state index in [-0.39, 0.29) is 0 Å². The van der Waals surface area contributed by atoms with Crippen molar-refractivity contribution in [3.63, 3.8) is 0 Å². The van der Waals surface area contributed by atoms with E-state index in [0.29, 0.717) is 16.8 Å². The molecule has 0 saturated heterocycles. The highest BCUT2D eigenvalue weighted by Crippen LogP contribution is 2.25. The summed E-state index contributed by atoms with van der Waals surface area (Å²) in [5.74, 6) is 0.329. The maximum absolute atomic E-state index is 12.0. The van der Waals surface area contributed by atoms with Crippen LogP contribution in [0.1, 0.15) is 11.6 Å². The number of nitrogens with one attached hydrogen (secondary N) is 2. The van der Waals surface area contributed by atoms with Crippen LogP contribution in [0.2, 0.25) is 5.02 Å². The van der Waals surface area contributed by atoms with Crippen LogP contribution in [-0.2, 0) is 9.53 Å². The van der Waals surface area contributed by atoms with E-state index in [4.69, 9.17) is 16.3 Å². The number of hydrogen-bond acceptors (Lipinski definition) is 6. The number of anilines is 2. The molecular formula is C14H15ClN4O2. The highest BCUT2D eigenvalue weighted by molar-refractivity contribution is 6.32. The minimum Gasteiger partial charge on any atom is -0.467 e. The number of ether oxygens (including phenoxy) is 1. The standard InChI is InChI=1S/C14H15ClN4O2/c1-16-14-17-8-10(15)12(19-14)18-11(13(20)21-2)9-6-4-3-5-7-9/h3-8,11H,1-2H3,(H2,16,17,18,19). The summed E-state index contributed by atoms with van der Waals surface area (Å²) in [5, 5.41) is 6.12. The van der Waals surface area contributed by atoms with Crippen LogP contribution in [0.3, 0.4) is 0 Å². The molecule has 0 amide bonds. The van der Waals surface area contributed by atoms with Gasteiger partial charge in [-0.05, 0) is 5.56 Å². The molecule has 0 radical (unpaired) electrons. The normalized spacial score (nSPS) is 11.6. The quantitative estimate of drug-likeness (QED) is 0.827. The van der Waals surface area contributed by atoms with Gasteiger partial charge >= 0.3 is 5.97 Å². The molecular weight excluding hydrogens is 292 g/mol. The van der Waals surface area contributed by atoms with Crippen LogP contribution in [-0.4, -0.2) is 30.1 Å². The lowest BCUT2D eigenvalue weighted by molar-refractivity contribution is -0.141. The Morgan fingerprint density at radius 2 is 2.05 bits per heavy atom. The second-order valence-corrected chi connectivity index (χ2v) is 4.56. The third kappa shape index (κ3) is 3.61. The topological polar surface area (TPSA) is 76.1 Å². The Kier molecular flexibility index (Phi) is 4.94. The minimum atomic E-state index is -0.701. The predicted molar refractivity (Wildman–Crippen MR) is 81.4 cm³/mol. The Balaban J connectivity index is 2.34. The Bertz CT molecular complexity index is 622. The third-order valence-corrected chi connectivity index (χ3v) is 3.10. The molecule has 0 aliphatic rings. The molecule has 1 unspecified atom stereocenters. The highest BCUT2D eigenvalue weighted by atomic mass is 35.5. The third-order valence-electron chi connectivity index (χ3n) is 2.82. The van der Waals surface area contributed by atoms with E-state index in [1.54, 1.807) is 7.05 Å². The molecule has 0 aliphatic heterocycles. The van der Waals surface area contributed by atoms with Crippen molar-refractivity contribution in [2.75, 3.05) is 24.8 Å². The molecule has 0 bridgehead atoms. The second-order valence-electron chi connectivity index (χ2n) is 4.15. The van der Waals surface area contributed by atoms with Crippen LogP contribution in [0.25, 0.3) is 0 Å². The zero-order chi connectivity index (χ0) is 15.2. The van der Waals surface area contributed by atoms with Gasteiger partial charge in [0.2, 0.25) is 5.95 Å². The van der Waals surface area contributed by atoms with Crippen LogP contribution < -0.4 is 10.6 Å². The molecule has 1 atom stereocenters. The summed E-state index contributed by atoms with van der Waals surface area (Å²) in [6.45, 7) is 0. The number of aromatic nitrogens is 2. The van der Waals surface area contributed by atoms with Crippen LogP contribution >= 0.6 is 11.6 Å². The zero-order valence-electron chi connectivity index (χ0n) is 11.6. The largest absolute Gasteiger partial charge is 0.467 e. The van der Waals surface area contributed by atoms with Gasteiger partial charge in [-0.25, -0.2) is 9.78 Å². The summed E-state index contributed by atoms with van der Waals surface area (Å²) in [5.41, 5.74) is 0.755. The van der Waals surface area contributed by atoms with E-state index in [1.807, 2.05) is 30.3 Å². The molecule has 0 aliphatic carbocycles. The number of halogens is 1. The Labute approximate surface area is 127 Å². The number of nitrogens with zero attached hydrogens (tertiary/aromatic N) is 2. The van der Waals surface area contributed by atoms with Gasteiger partial charge in [-0.3, -0.25) is 0 Å². The lowest BCUT2D eigenvalue weighted by atomic mass is 10.1. The smallest absolute Gasteiger partial charge is 0.333 e. The van der Waals surface area contributed by atoms with Gasteiger partial charge in [-0.1, -0.05) is 41.9 Å². The summed E-state index contributed by atoms with van der Waals surface area (Å²) >= 11 is 6.07. The molecule has 0 spiro atoms. The van der Waals surface area contributed by atoms with Gasteiger partial charge in [0.25, 0.3) is 0 Å². The van der Waals surface area contributed by atoms with Crippen LogP contribution in [0.15, 0.2) is 36.5 Å². The summed E-state index contributed by atoms with van der Waals surface area (Å²) in [6, 6.07) is 8.49. The van der Waals surface area contributed by atoms with E-state index in [0.717, 1.165) is 5.56 Å². The lowest BCUT2D eigenvalue weighted by Crippen LogP contribution is -2.23. The number of carbonyl (C=O) groups is 1. The zero-order valence-corrected chi connectivity index (χ0v) is 12.4. The first-order valence-corrected chi connectivity index (χ1v) is 6.63. The molecule has 6 nitrogen and oxygen atoms in total. The van der Waals surface area contributed by atoms with Crippen molar-refractivity contribution < 1.29 is 9.53 Å². The fourth-order valence-corrected chi connectivity index (χ4v) is 1.91. The summed E-state index contributed by atoms with van der Waals surface area (Å²) in [4.78, 5) is 20.2. The monoisotopic (exact) mass is 306 g/mol. The summed E-state index contributed by atoms with van der Waals surface area (Å²) in [6.07, 6.45) is 1.46. The molecule has 2 aromatic rings. The first kappa shape index (κ1) is 15.1. The Morgan fingerprint density at radius 3 is 2.67 bits per heavy atom. The van der Waals surface area contributed by atoms with E-state index in [9.17, 15) is 4.79 Å². The molecule has 1 heterocycles. The number of benzene rings is 1. The van der Waals surface area contributed by atoms with E-state index >= 15 is 0 Å². The van der Waals surface area contributed by atoms with Crippen molar-refractivity contribution in [2.24, 2.45) is 0 Å². The van der Waals surface area contributed by atoms with Gasteiger partial charge in [0.15, 0.2) is 11.9 Å². The number of carbonyl (C=O) groups excluding carboxylic acids is 1. The highest BCUT2D eigenvalue weighted by Gasteiger charge is 2.22. The van der Waals surface area contributed by atoms with Crippen molar-refractivity contribution >= 4 is 29.3 Å². The van der Waals surface area contributed by atoms with Crippen LogP contribution in [0.5, 0.6) is 0 Å². The second kappa shape index (κ2) is 6.90. The predicted octanol–water partition coefficient (Wildman–Crippen LogP) is 2.50. The number of hydrogen-bond donors (Lipinski definition) is 2.